The number of hydrogen-bond donors (Lipinski definition) is 0. The Labute approximate surface area is 174 Å². The summed E-state index contributed by atoms with van der Waals surface area (Å²) < 4.78 is 0. The first-order chi connectivity index (χ1) is 13.3. The third-order valence-corrected chi connectivity index (χ3v) is 5.11. The molecule has 0 radical (unpaired) electrons. The van der Waals surface area contributed by atoms with Gasteiger partial charge < -0.3 is 0 Å². The second-order valence-electron chi connectivity index (χ2n) is 9.16. The predicted molar refractivity (Wildman–Crippen MR) is 118 cm³/mol. The van der Waals surface area contributed by atoms with E-state index in [1.54, 1.807) is 6.92 Å². The fourth-order valence-corrected chi connectivity index (χ4v) is 3.35. The molecule has 0 saturated heterocycles. The van der Waals surface area contributed by atoms with Crippen LogP contribution in [-0.4, -0.2) is 28.9 Å². The summed E-state index contributed by atoms with van der Waals surface area (Å²) in [4.78, 5) is 29.0. The molecule has 0 heterocycles. The average molecular weight is 398 g/mol. The van der Waals surface area contributed by atoms with Crippen LogP contribution in [0.1, 0.15) is 131 Å². The Balaban J connectivity index is 3.57. The lowest BCUT2D eigenvalue weighted by Gasteiger charge is -2.30. The second kappa shape index (κ2) is 17.0. The molecular formula is C24H47NO3. The molecule has 0 N–H and O–H groups in total. The van der Waals surface area contributed by atoms with Crippen molar-refractivity contribution in [2.45, 2.75) is 143 Å². The zero-order valence-corrected chi connectivity index (χ0v) is 19.4. The van der Waals surface area contributed by atoms with Gasteiger partial charge in [-0.05, 0) is 34.1 Å². The van der Waals surface area contributed by atoms with Crippen LogP contribution in [0.25, 0.3) is 0 Å². The maximum atomic E-state index is 12.3. The SMILES string of the molecule is CCCCCCCCCCCCCCCCC(=O)[C@H](C)N(C=O)OC(C)(C)C. The van der Waals surface area contributed by atoms with Crippen molar-refractivity contribution in [2.75, 3.05) is 0 Å². The summed E-state index contributed by atoms with van der Waals surface area (Å²) in [5.41, 5.74) is -0.482. The number of amides is 1. The molecular weight excluding hydrogens is 350 g/mol. The van der Waals surface area contributed by atoms with E-state index in [2.05, 4.69) is 6.92 Å². The minimum atomic E-state index is -0.515. The van der Waals surface area contributed by atoms with E-state index in [0.717, 1.165) is 17.9 Å². The van der Waals surface area contributed by atoms with Gasteiger partial charge in [-0.3, -0.25) is 14.4 Å². The van der Waals surface area contributed by atoms with Gasteiger partial charge >= 0.3 is 0 Å². The molecule has 166 valence electrons. The van der Waals surface area contributed by atoms with Crippen molar-refractivity contribution in [1.82, 2.24) is 5.06 Å². The second-order valence-corrected chi connectivity index (χ2v) is 9.16. The Morgan fingerprint density at radius 1 is 0.821 bits per heavy atom. The number of nitrogens with zero attached hydrogens (tertiary/aromatic N) is 1. The maximum absolute atomic E-state index is 12.3. The largest absolute Gasteiger partial charge is 0.297 e. The highest BCUT2D eigenvalue weighted by molar-refractivity contribution is 5.84. The molecule has 4 nitrogen and oxygen atoms in total. The molecule has 0 aliphatic rings. The van der Waals surface area contributed by atoms with Gasteiger partial charge in [0.15, 0.2) is 5.78 Å². The molecule has 0 unspecified atom stereocenters. The van der Waals surface area contributed by atoms with Crippen LogP contribution < -0.4 is 0 Å². The highest BCUT2D eigenvalue weighted by atomic mass is 16.7. The summed E-state index contributed by atoms with van der Waals surface area (Å²) in [6.45, 7) is 9.62. The van der Waals surface area contributed by atoms with E-state index >= 15 is 0 Å². The van der Waals surface area contributed by atoms with Crippen LogP contribution in [0.2, 0.25) is 0 Å². The van der Waals surface area contributed by atoms with Gasteiger partial charge in [0.2, 0.25) is 6.41 Å². The summed E-state index contributed by atoms with van der Waals surface area (Å²) in [5.74, 6) is 0.0790. The van der Waals surface area contributed by atoms with Gasteiger partial charge in [0.1, 0.15) is 6.04 Å². The first-order valence-corrected chi connectivity index (χ1v) is 11.8. The molecule has 0 aromatic carbocycles. The van der Waals surface area contributed by atoms with Gasteiger partial charge in [-0.2, -0.15) is 0 Å². The minimum absolute atomic E-state index is 0.0790. The van der Waals surface area contributed by atoms with Gasteiger partial charge in [-0.15, -0.1) is 0 Å². The smallest absolute Gasteiger partial charge is 0.234 e. The normalized spacial score (nSPS) is 12.8. The van der Waals surface area contributed by atoms with E-state index in [9.17, 15) is 9.59 Å². The molecule has 0 aromatic heterocycles. The molecule has 1 atom stereocenters. The Morgan fingerprint density at radius 3 is 1.57 bits per heavy atom. The highest BCUT2D eigenvalue weighted by Gasteiger charge is 2.25. The number of unbranched alkanes of at least 4 members (excludes halogenated alkanes) is 13. The predicted octanol–water partition coefficient (Wildman–Crippen LogP) is 7.00. The van der Waals surface area contributed by atoms with Crippen LogP contribution in [0, 0.1) is 0 Å². The number of carbonyl (C=O) groups is 2. The van der Waals surface area contributed by atoms with Gasteiger partial charge in [0.05, 0.1) is 5.60 Å². The van der Waals surface area contributed by atoms with Crippen LogP contribution in [0.3, 0.4) is 0 Å². The Kier molecular flexibility index (Phi) is 16.5. The lowest BCUT2D eigenvalue weighted by Crippen LogP contribution is -2.42. The Bertz CT molecular complexity index is 390. The van der Waals surface area contributed by atoms with Crippen molar-refractivity contribution in [2.24, 2.45) is 0 Å². The van der Waals surface area contributed by atoms with Crippen LogP contribution in [0.4, 0.5) is 0 Å². The lowest BCUT2D eigenvalue weighted by molar-refractivity contribution is -0.228. The van der Waals surface area contributed by atoms with E-state index in [1.165, 1.54) is 77.0 Å². The number of Topliss-reactive ketones (excluding diaryl/α,β-unsaturated/α-hetero) is 1. The molecule has 4 heteroatoms. The molecule has 0 saturated carbocycles. The molecule has 0 aromatic rings. The molecule has 0 rings (SSSR count). The Morgan fingerprint density at radius 2 is 1.21 bits per heavy atom. The van der Waals surface area contributed by atoms with Gasteiger partial charge in [0, 0.05) is 6.42 Å². The third kappa shape index (κ3) is 16.1. The molecule has 0 fully saturated rings. The Hall–Kier alpha value is -0.900. The van der Waals surface area contributed by atoms with Crippen LogP contribution in [-0.2, 0) is 14.4 Å². The summed E-state index contributed by atoms with van der Waals surface area (Å²) in [7, 11) is 0. The zero-order valence-electron chi connectivity index (χ0n) is 19.4. The number of carbonyl (C=O) groups excluding carboxylic acids is 2. The standard InChI is InChI=1S/C24H47NO3/c1-6-7-8-9-10-11-12-13-14-15-16-17-18-19-20-23(27)22(2)25(21-26)28-24(3,4)5/h21-22H,6-20H2,1-5H3/t22-/m0/s1. The van der Waals surface area contributed by atoms with Gasteiger partial charge in [0.25, 0.3) is 0 Å². The van der Waals surface area contributed by atoms with E-state index in [0.29, 0.717) is 12.8 Å². The van der Waals surface area contributed by atoms with Crippen molar-refractivity contribution in [1.29, 1.82) is 0 Å². The van der Waals surface area contributed by atoms with Crippen molar-refractivity contribution >= 4 is 12.2 Å². The van der Waals surface area contributed by atoms with Crippen molar-refractivity contribution in [3.8, 4) is 0 Å². The first kappa shape index (κ1) is 27.1. The molecule has 0 aliphatic carbocycles. The quantitative estimate of drug-likeness (QED) is 0.134. The average Bonchev–Trinajstić information content (AvgIpc) is 2.64. The monoisotopic (exact) mass is 397 g/mol. The third-order valence-electron chi connectivity index (χ3n) is 5.11. The molecule has 0 aliphatic heterocycles. The topological polar surface area (TPSA) is 46.6 Å². The molecule has 0 spiro atoms. The summed E-state index contributed by atoms with van der Waals surface area (Å²) in [6.07, 6.45) is 19.4. The van der Waals surface area contributed by atoms with E-state index in [1.807, 2.05) is 20.8 Å². The van der Waals surface area contributed by atoms with Crippen LogP contribution >= 0.6 is 0 Å². The van der Waals surface area contributed by atoms with E-state index in [4.69, 9.17) is 4.84 Å². The maximum Gasteiger partial charge on any atom is 0.234 e. The fraction of sp³-hybridized carbons (Fsp3) is 0.917. The summed E-state index contributed by atoms with van der Waals surface area (Å²) in [6, 6.07) is -0.515. The van der Waals surface area contributed by atoms with Crippen molar-refractivity contribution in [3.63, 3.8) is 0 Å². The van der Waals surface area contributed by atoms with E-state index in [-0.39, 0.29) is 5.78 Å². The first-order valence-electron chi connectivity index (χ1n) is 11.8. The minimum Gasteiger partial charge on any atom is -0.297 e. The van der Waals surface area contributed by atoms with Crippen molar-refractivity contribution < 1.29 is 14.4 Å². The fourth-order valence-electron chi connectivity index (χ4n) is 3.35. The van der Waals surface area contributed by atoms with Crippen molar-refractivity contribution in [3.05, 3.63) is 0 Å². The highest BCUT2D eigenvalue weighted by Crippen LogP contribution is 2.16. The summed E-state index contributed by atoms with van der Waals surface area (Å²) in [5, 5.41) is 1.16. The number of rotatable bonds is 19. The zero-order chi connectivity index (χ0) is 21.3. The lowest BCUT2D eigenvalue weighted by atomic mass is 10.0. The molecule has 28 heavy (non-hydrogen) atoms. The molecule has 1 amide bonds. The number of ketones is 1. The number of hydroxylamine groups is 2. The van der Waals surface area contributed by atoms with Crippen LogP contribution in [0.5, 0.6) is 0 Å². The number of hydrogen-bond acceptors (Lipinski definition) is 3. The van der Waals surface area contributed by atoms with Crippen LogP contribution in [0.15, 0.2) is 0 Å². The van der Waals surface area contributed by atoms with Gasteiger partial charge in [-0.1, -0.05) is 90.4 Å². The summed E-state index contributed by atoms with van der Waals surface area (Å²) >= 11 is 0. The van der Waals surface area contributed by atoms with E-state index < -0.39 is 11.6 Å². The molecule has 0 bridgehead atoms. The van der Waals surface area contributed by atoms with Gasteiger partial charge in [-0.25, -0.2) is 5.06 Å².